The SMILES string of the molecule is Cc1c(C(C)c2ccccc2)cccc1C(C)c1ccccc1. The Balaban J connectivity index is 1.99. The molecule has 2 atom stereocenters. The van der Waals surface area contributed by atoms with Crippen LogP contribution in [0.5, 0.6) is 0 Å². The van der Waals surface area contributed by atoms with E-state index in [9.17, 15) is 0 Å². The van der Waals surface area contributed by atoms with E-state index in [1.807, 2.05) is 0 Å². The second kappa shape index (κ2) is 6.83. The molecule has 0 saturated carbocycles. The normalized spacial score (nSPS) is 13.5. The van der Waals surface area contributed by atoms with E-state index in [1.165, 1.54) is 27.8 Å². The zero-order valence-electron chi connectivity index (χ0n) is 14.2. The fourth-order valence-electron chi connectivity index (χ4n) is 3.45. The van der Waals surface area contributed by atoms with E-state index in [1.54, 1.807) is 0 Å². The first-order valence-electron chi connectivity index (χ1n) is 8.37. The Kier molecular flexibility index (Phi) is 4.62. The molecular formula is C23H24. The molecule has 3 aromatic carbocycles. The number of hydrogen-bond acceptors (Lipinski definition) is 0. The molecule has 0 nitrogen and oxygen atoms in total. The molecule has 0 aliphatic rings. The lowest BCUT2D eigenvalue weighted by molar-refractivity contribution is 0.867. The summed E-state index contributed by atoms with van der Waals surface area (Å²) < 4.78 is 0. The van der Waals surface area contributed by atoms with Gasteiger partial charge in [0.05, 0.1) is 0 Å². The van der Waals surface area contributed by atoms with Gasteiger partial charge >= 0.3 is 0 Å². The van der Waals surface area contributed by atoms with Crippen LogP contribution in [0.3, 0.4) is 0 Å². The Labute approximate surface area is 139 Å². The van der Waals surface area contributed by atoms with Crippen LogP contribution in [-0.2, 0) is 0 Å². The van der Waals surface area contributed by atoms with Gasteiger partial charge in [0.25, 0.3) is 0 Å². The maximum absolute atomic E-state index is 2.30. The molecule has 0 heteroatoms. The first-order chi connectivity index (χ1) is 11.2. The molecule has 0 N–H and O–H groups in total. The van der Waals surface area contributed by atoms with Gasteiger partial charge in [0.2, 0.25) is 0 Å². The molecule has 0 radical (unpaired) electrons. The minimum atomic E-state index is 0.416. The monoisotopic (exact) mass is 300 g/mol. The molecule has 0 aliphatic carbocycles. The third kappa shape index (κ3) is 3.22. The van der Waals surface area contributed by atoms with Crippen molar-refractivity contribution in [2.24, 2.45) is 0 Å². The van der Waals surface area contributed by atoms with Gasteiger partial charge in [-0.1, -0.05) is 92.7 Å². The topological polar surface area (TPSA) is 0 Å². The molecule has 0 spiro atoms. The predicted molar refractivity (Wildman–Crippen MR) is 99.1 cm³/mol. The molecule has 2 unspecified atom stereocenters. The molecule has 23 heavy (non-hydrogen) atoms. The van der Waals surface area contributed by atoms with Crippen LogP contribution in [0, 0.1) is 6.92 Å². The van der Waals surface area contributed by atoms with Gasteiger partial charge in [0, 0.05) is 11.8 Å². The van der Waals surface area contributed by atoms with E-state index < -0.39 is 0 Å². The minimum absolute atomic E-state index is 0.416. The van der Waals surface area contributed by atoms with E-state index >= 15 is 0 Å². The van der Waals surface area contributed by atoms with Gasteiger partial charge in [0.1, 0.15) is 0 Å². The Bertz CT molecular complexity index is 693. The van der Waals surface area contributed by atoms with Crippen molar-refractivity contribution in [2.75, 3.05) is 0 Å². The molecule has 3 rings (SSSR count). The maximum Gasteiger partial charge on any atom is 0.00637 e. The second-order valence-corrected chi connectivity index (χ2v) is 6.33. The lowest BCUT2D eigenvalue weighted by Crippen LogP contribution is -2.04. The van der Waals surface area contributed by atoms with Gasteiger partial charge in [-0.3, -0.25) is 0 Å². The van der Waals surface area contributed by atoms with Crippen molar-refractivity contribution in [2.45, 2.75) is 32.6 Å². The fourth-order valence-corrected chi connectivity index (χ4v) is 3.45. The summed E-state index contributed by atoms with van der Waals surface area (Å²) in [6, 6.07) is 28.3. The van der Waals surface area contributed by atoms with Gasteiger partial charge in [-0.15, -0.1) is 0 Å². The minimum Gasteiger partial charge on any atom is -0.0622 e. The summed E-state index contributed by atoms with van der Waals surface area (Å²) in [5.41, 5.74) is 7.02. The van der Waals surface area contributed by atoms with Crippen molar-refractivity contribution in [1.29, 1.82) is 0 Å². The predicted octanol–water partition coefficient (Wildman–Crippen LogP) is 6.30. The summed E-state index contributed by atoms with van der Waals surface area (Å²) in [6.07, 6.45) is 0. The Hall–Kier alpha value is -2.34. The van der Waals surface area contributed by atoms with Gasteiger partial charge in [-0.05, 0) is 34.7 Å². The molecule has 116 valence electrons. The van der Waals surface area contributed by atoms with E-state index in [0.29, 0.717) is 11.8 Å². The van der Waals surface area contributed by atoms with Gasteiger partial charge in [-0.25, -0.2) is 0 Å². The Morgan fingerprint density at radius 3 is 1.30 bits per heavy atom. The van der Waals surface area contributed by atoms with Crippen LogP contribution in [0.4, 0.5) is 0 Å². The Morgan fingerprint density at radius 1 is 0.522 bits per heavy atom. The summed E-state index contributed by atoms with van der Waals surface area (Å²) in [5, 5.41) is 0. The zero-order valence-corrected chi connectivity index (χ0v) is 14.2. The largest absolute Gasteiger partial charge is 0.0622 e. The molecule has 0 fully saturated rings. The quantitative estimate of drug-likeness (QED) is 0.530. The van der Waals surface area contributed by atoms with Crippen LogP contribution in [0.2, 0.25) is 0 Å². The molecule has 0 aliphatic heterocycles. The van der Waals surface area contributed by atoms with Crippen molar-refractivity contribution in [1.82, 2.24) is 0 Å². The third-order valence-corrected chi connectivity index (χ3v) is 4.95. The van der Waals surface area contributed by atoms with Crippen molar-refractivity contribution < 1.29 is 0 Å². The van der Waals surface area contributed by atoms with Crippen LogP contribution in [0.15, 0.2) is 78.9 Å². The lowest BCUT2D eigenvalue weighted by atomic mass is 9.83. The smallest absolute Gasteiger partial charge is 0.00637 e. The number of benzene rings is 3. The molecule has 0 saturated heterocycles. The van der Waals surface area contributed by atoms with Gasteiger partial charge < -0.3 is 0 Å². The van der Waals surface area contributed by atoms with Crippen LogP contribution in [0.1, 0.15) is 53.5 Å². The molecule has 0 bridgehead atoms. The summed E-state index contributed by atoms with van der Waals surface area (Å²) in [6.45, 7) is 6.87. The highest BCUT2D eigenvalue weighted by atomic mass is 14.2. The van der Waals surface area contributed by atoms with Crippen LogP contribution < -0.4 is 0 Å². The molecule has 0 aromatic heterocycles. The van der Waals surface area contributed by atoms with Crippen LogP contribution in [0.25, 0.3) is 0 Å². The average Bonchev–Trinajstić information content (AvgIpc) is 2.62. The molecule has 3 aromatic rings. The van der Waals surface area contributed by atoms with Crippen molar-refractivity contribution in [3.05, 3.63) is 107 Å². The molecule has 0 heterocycles. The first kappa shape index (κ1) is 15.6. The lowest BCUT2D eigenvalue weighted by Gasteiger charge is -2.21. The van der Waals surface area contributed by atoms with Gasteiger partial charge in [-0.2, -0.15) is 0 Å². The van der Waals surface area contributed by atoms with Gasteiger partial charge in [0.15, 0.2) is 0 Å². The second-order valence-electron chi connectivity index (χ2n) is 6.33. The zero-order chi connectivity index (χ0) is 16.2. The van der Waals surface area contributed by atoms with E-state index in [0.717, 1.165) is 0 Å². The van der Waals surface area contributed by atoms with Crippen molar-refractivity contribution in [3.8, 4) is 0 Å². The average molecular weight is 300 g/mol. The van der Waals surface area contributed by atoms with Crippen molar-refractivity contribution in [3.63, 3.8) is 0 Å². The summed E-state index contributed by atoms with van der Waals surface area (Å²) >= 11 is 0. The van der Waals surface area contributed by atoms with Crippen LogP contribution >= 0.6 is 0 Å². The Morgan fingerprint density at radius 2 is 0.913 bits per heavy atom. The molecular weight excluding hydrogens is 276 g/mol. The summed E-state index contributed by atoms with van der Waals surface area (Å²) in [4.78, 5) is 0. The fraction of sp³-hybridized carbons (Fsp3) is 0.217. The maximum atomic E-state index is 2.30. The summed E-state index contributed by atoms with van der Waals surface area (Å²) in [5.74, 6) is 0.832. The highest BCUT2D eigenvalue weighted by Gasteiger charge is 2.16. The first-order valence-corrected chi connectivity index (χ1v) is 8.37. The third-order valence-electron chi connectivity index (χ3n) is 4.95. The van der Waals surface area contributed by atoms with E-state index in [-0.39, 0.29) is 0 Å². The van der Waals surface area contributed by atoms with Crippen molar-refractivity contribution >= 4 is 0 Å². The van der Waals surface area contributed by atoms with E-state index in [4.69, 9.17) is 0 Å². The van der Waals surface area contributed by atoms with Crippen LogP contribution in [-0.4, -0.2) is 0 Å². The van der Waals surface area contributed by atoms with E-state index in [2.05, 4.69) is 99.6 Å². The summed E-state index contributed by atoms with van der Waals surface area (Å²) in [7, 11) is 0. The standard InChI is InChI=1S/C23H24/c1-17(20-11-6-4-7-12-20)22-15-10-16-23(19(22)3)18(2)21-13-8-5-9-14-21/h4-18H,1-3H3. The highest BCUT2D eigenvalue weighted by molar-refractivity contribution is 5.45. The highest BCUT2D eigenvalue weighted by Crippen LogP contribution is 2.33. The molecule has 0 amide bonds. The number of rotatable bonds is 4. The number of hydrogen-bond donors (Lipinski definition) is 0.